The second-order valence-electron chi connectivity index (χ2n) is 6.19. The SMILES string of the molecule is CC[C@@H](C)C(=O)N=C1S[C@H]2CS(=O)(=O)C[C@H]2N1c1cccc(Br)c1. The molecule has 2 aliphatic heterocycles. The van der Waals surface area contributed by atoms with Gasteiger partial charge in [-0.1, -0.05) is 47.6 Å². The Bertz CT molecular complexity index is 794. The van der Waals surface area contributed by atoms with Crippen LogP contribution in [-0.4, -0.2) is 42.3 Å². The van der Waals surface area contributed by atoms with Gasteiger partial charge >= 0.3 is 0 Å². The van der Waals surface area contributed by atoms with Gasteiger partial charge < -0.3 is 4.90 Å². The molecule has 8 heteroatoms. The number of thioether (sulfide) groups is 1. The molecule has 5 nitrogen and oxygen atoms in total. The van der Waals surface area contributed by atoms with Crippen molar-refractivity contribution in [3.63, 3.8) is 0 Å². The van der Waals surface area contributed by atoms with Gasteiger partial charge in [-0.25, -0.2) is 8.42 Å². The zero-order valence-electron chi connectivity index (χ0n) is 13.5. The molecule has 0 aliphatic carbocycles. The molecule has 0 radical (unpaired) electrons. The molecular weight excluding hydrogens is 412 g/mol. The van der Waals surface area contributed by atoms with Crippen LogP contribution < -0.4 is 4.90 Å². The number of sulfone groups is 1. The van der Waals surface area contributed by atoms with Crippen molar-refractivity contribution in [1.29, 1.82) is 0 Å². The number of amidine groups is 1. The van der Waals surface area contributed by atoms with Crippen molar-refractivity contribution in [3.8, 4) is 0 Å². The predicted octanol–water partition coefficient (Wildman–Crippen LogP) is 3.10. The van der Waals surface area contributed by atoms with Gasteiger partial charge in [0.05, 0.1) is 17.5 Å². The molecule has 130 valence electrons. The molecule has 2 fully saturated rings. The number of fused-ring (bicyclic) bond motifs is 1. The number of anilines is 1. The summed E-state index contributed by atoms with van der Waals surface area (Å²) in [5.41, 5.74) is 0.858. The Balaban J connectivity index is 2.00. The Labute approximate surface area is 155 Å². The lowest BCUT2D eigenvalue weighted by molar-refractivity contribution is -0.121. The van der Waals surface area contributed by atoms with E-state index in [9.17, 15) is 13.2 Å². The second kappa shape index (κ2) is 6.80. The largest absolute Gasteiger partial charge is 0.316 e. The van der Waals surface area contributed by atoms with Gasteiger partial charge in [0.1, 0.15) is 0 Å². The van der Waals surface area contributed by atoms with E-state index in [4.69, 9.17) is 0 Å². The Morgan fingerprint density at radius 2 is 2.21 bits per heavy atom. The van der Waals surface area contributed by atoms with E-state index in [0.717, 1.165) is 16.6 Å². The zero-order valence-corrected chi connectivity index (χ0v) is 16.7. The maximum Gasteiger partial charge on any atom is 0.250 e. The molecule has 2 aliphatic rings. The highest BCUT2D eigenvalue weighted by molar-refractivity contribution is 9.10. The van der Waals surface area contributed by atoms with Crippen LogP contribution >= 0.6 is 27.7 Å². The number of nitrogens with zero attached hydrogens (tertiary/aromatic N) is 2. The van der Waals surface area contributed by atoms with Gasteiger partial charge in [-0.3, -0.25) is 4.79 Å². The number of hydrogen-bond acceptors (Lipinski definition) is 4. The number of benzene rings is 1. The van der Waals surface area contributed by atoms with Crippen LogP contribution in [0, 0.1) is 5.92 Å². The number of halogens is 1. The van der Waals surface area contributed by atoms with Crippen molar-refractivity contribution < 1.29 is 13.2 Å². The molecule has 2 heterocycles. The molecule has 0 spiro atoms. The molecule has 0 aromatic heterocycles. The van der Waals surface area contributed by atoms with Crippen LogP contribution in [0.25, 0.3) is 0 Å². The summed E-state index contributed by atoms with van der Waals surface area (Å²) in [5.74, 6) is -0.0358. The summed E-state index contributed by atoms with van der Waals surface area (Å²) in [5, 5.41) is 0.542. The summed E-state index contributed by atoms with van der Waals surface area (Å²) in [7, 11) is -3.04. The minimum Gasteiger partial charge on any atom is -0.316 e. The van der Waals surface area contributed by atoms with Crippen LogP contribution in [0.2, 0.25) is 0 Å². The van der Waals surface area contributed by atoms with Crippen molar-refractivity contribution in [1.82, 2.24) is 0 Å². The van der Waals surface area contributed by atoms with E-state index < -0.39 is 9.84 Å². The molecule has 0 N–H and O–H groups in total. The number of carbonyl (C=O) groups is 1. The summed E-state index contributed by atoms with van der Waals surface area (Å²) >= 11 is 4.86. The van der Waals surface area contributed by atoms with Crippen molar-refractivity contribution in [2.24, 2.45) is 10.9 Å². The van der Waals surface area contributed by atoms with Crippen molar-refractivity contribution in [2.75, 3.05) is 16.4 Å². The number of carbonyl (C=O) groups excluding carboxylic acids is 1. The molecular formula is C16H19BrN2O3S2. The van der Waals surface area contributed by atoms with Crippen molar-refractivity contribution in [2.45, 2.75) is 31.6 Å². The molecule has 1 aromatic rings. The fourth-order valence-electron chi connectivity index (χ4n) is 2.87. The number of rotatable bonds is 3. The van der Waals surface area contributed by atoms with Crippen molar-refractivity contribution in [3.05, 3.63) is 28.7 Å². The first-order valence-electron chi connectivity index (χ1n) is 7.85. The average Bonchev–Trinajstić information content (AvgIpc) is 2.97. The molecule has 24 heavy (non-hydrogen) atoms. The number of hydrogen-bond donors (Lipinski definition) is 0. The average molecular weight is 431 g/mol. The lowest BCUT2D eigenvalue weighted by Gasteiger charge is -2.24. The van der Waals surface area contributed by atoms with Crippen LogP contribution in [0.3, 0.4) is 0 Å². The van der Waals surface area contributed by atoms with E-state index in [1.54, 1.807) is 0 Å². The van der Waals surface area contributed by atoms with Crippen molar-refractivity contribution >= 4 is 54.3 Å². The zero-order chi connectivity index (χ0) is 17.5. The summed E-state index contributed by atoms with van der Waals surface area (Å²) in [6, 6.07) is 7.49. The molecule has 3 rings (SSSR count). The molecule has 0 bridgehead atoms. The molecule has 1 amide bonds. The molecule has 1 aromatic carbocycles. The fourth-order valence-corrected chi connectivity index (χ4v) is 7.18. The third kappa shape index (κ3) is 3.55. The molecule has 0 unspecified atom stereocenters. The van der Waals surface area contributed by atoms with Crippen LogP contribution in [0.15, 0.2) is 33.7 Å². The minimum absolute atomic E-state index is 0.0718. The topological polar surface area (TPSA) is 66.8 Å². The van der Waals surface area contributed by atoms with E-state index in [0.29, 0.717) is 5.17 Å². The first-order valence-corrected chi connectivity index (χ1v) is 11.3. The molecule has 2 saturated heterocycles. The first-order chi connectivity index (χ1) is 11.3. The van der Waals surface area contributed by atoms with Gasteiger partial charge in [0.2, 0.25) is 0 Å². The Hall–Kier alpha value is -0.860. The molecule has 3 atom stereocenters. The third-order valence-corrected chi connectivity index (χ3v) is 8.10. The summed E-state index contributed by atoms with van der Waals surface area (Å²) in [6.45, 7) is 3.82. The van der Waals surface area contributed by atoms with E-state index in [1.807, 2.05) is 43.0 Å². The Kier molecular flexibility index (Phi) is 5.09. The highest BCUT2D eigenvalue weighted by Gasteiger charge is 2.49. The quantitative estimate of drug-likeness (QED) is 0.736. The van der Waals surface area contributed by atoms with Gasteiger partial charge in [-0.05, 0) is 24.6 Å². The van der Waals surface area contributed by atoms with Crippen LogP contribution in [0.1, 0.15) is 20.3 Å². The smallest absolute Gasteiger partial charge is 0.250 e. The monoisotopic (exact) mass is 430 g/mol. The fraction of sp³-hybridized carbons (Fsp3) is 0.500. The molecule has 0 saturated carbocycles. The lowest BCUT2D eigenvalue weighted by Crippen LogP contribution is -2.37. The maximum absolute atomic E-state index is 12.3. The van der Waals surface area contributed by atoms with Gasteiger partial charge in [0, 0.05) is 21.3 Å². The summed E-state index contributed by atoms with van der Waals surface area (Å²) in [6.07, 6.45) is 0.735. The highest BCUT2D eigenvalue weighted by atomic mass is 79.9. The van der Waals surface area contributed by atoms with E-state index in [-0.39, 0.29) is 34.6 Å². The van der Waals surface area contributed by atoms with E-state index in [2.05, 4.69) is 20.9 Å². The Morgan fingerprint density at radius 3 is 2.88 bits per heavy atom. The second-order valence-corrected chi connectivity index (χ2v) is 10.5. The Morgan fingerprint density at radius 1 is 1.46 bits per heavy atom. The van der Waals surface area contributed by atoms with Crippen LogP contribution in [-0.2, 0) is 14.6 Å². The maximum atomic E-state index is 12.3. The van der Waals surface area contributed by atoms with Crippen LogP contribution in [0.4, 0.5) is 5.69 Å². The summed E-state index contributed by atoms with van der Waals surface area (Å²) < 4.78 is 24.9. The lowest BCUT2D eigenvalue weighted by atomic mass is 10.1. The van der Waals surface area contributed by atoms with Gasteiger partial charge in [-0.2, -0.15) is 4.99 Å². The standard InChI is InChI=1S/C16H19BrN2O3S2/c1-3-10(2)15(20)18-16-19(12-6-4-5-11(17)7-12)13-8-24(21,22)9-14(13)23-16/h4-7,10,13-14H,3,8-9H2,1-2H3/t10-,13-,14+/m1/s1. The van der Waals surface area contributed by atoms with Gasteiger partial charge in [-0.15, -0.1) is 0 Å². The predicted molar refractivity (Wildman–Crippen MR) is 102 cm³/mol. The van der Waals surface area contributed by atoms with E-state index >= 15 is 0 Å². The number of amides is 1. The number of aliphatic imine (C=N–C) groups is 1. The van der Waals surface area contributed by atoms with Gasteiger partial charge in [0.25, 0.3) is 5.91 Å². The minimum atomic E-state index is -3.04. The third-order valence-electron chi connectivity index (χ3n) is 4.39. The van der Waals surface area contributed by atoms with Gasteiger partial charge in [0.15, 0.2) is 15.0 Å². The normalized spacial score (nSPS) is 28.1. The summed E-state index contributed by atoms with van der Waals surface area (Å²) in [4.78, 5) is 18.5. The first kappa shape index (κ1) is 17.9. The highest BCUT2D eigenvalue weighted by Crippen LogP contribution is 2.41. The van der Waals surface area contributed by atoms with E-state index in [1.165, 1.54) is 11.8 Å². The van der Waals surface area contributed by atoms with Crippen LogP contribution in [0.5, 0.6) is 0 Å².